The fourth-order valence-corrected chi connectivity index (χ4v) is 2.30. The Balaban J connectivity index is 2.51. The predicted octanol–water partition coefficient (Wildman–Crippen LogP) is 4.60. The molecule has 0 radical (unpaired) electrons. The summed E-state index contributed by atoms with van der Waals surface area (Å²) < 4.78 is 24.9. The summed E-state index contributed by atoms with van der Waals surface area (Å²) in [5.74, 6) is 0.395. The van der Waals surface area contributed by atoms with Crippen LogP contribution in [0.15, 0.2) is 36.4 Å². The van der Waals surface area contributed by atoms with Crippen molar-refractivity contribution in [2.75, 3.05) is 13.7 Å². The van der Waals surface area contributed by atoms with E-state index in [-0.39, 0.29) is 5.82 Å². The molecule has 0 aromatic heterocycles. The van der Waals surface area contributed by atoms with Crippen molar-refractivity contribution >= 4 is 0 Å². The number of methoxy groups -OCH3 is 1. The van der Waals surface area contributed by atoms with Gasteiger partial charge in [-0.3, -0.25) is 0 Å². The normalized spacial score (nSPS) is 10.7. The van der Waals surface area contributed by atoms with Crippen LogP contribution >= 0.6 is 0 Å². The number of ether oxygens (including phenoxy) is 2. The maximum absolute atomic E-state index is 14.2. The van der Waals surface area contributed by atoms with Crippen molar-refractivity contribution in [2.45, 2.75) is 26.9 Å². The second-order valence-electron chi connectivity index (χ2n) is 4.83. The molecule has 0 saturated heterocycles. The lowest BCUT2D eigenvalue weighted by molar-refractivity contribution is 0.134. The van der Waals surface area contributed by atoms with E-state index in [1.807, 2.05) is 19.1 Å². The molecule has 0 spiro atoms. The lowest BCUT2D eigenvalue weighted by Crippen LogP contribution is -1.98. The molecule has 2 aromatic rings. The average Bonchev–Trinajstić information content (AvgIpc) is 2.53. The first-order valence-corrected chi connectivity index (χ1v) is 7.23. The van der Waals surface area contributed by atoms with Crippen molar-refractivity contribution in [1.29, 1.82) is 0 Å². The van der Waals surface area contributed by atoms with E-state index >= 15 is 0 Å². The number of hydrogen-bond donors (Lipinski definition) is 0. The molecule has 0 aliphatic rings. The summed E-state index contributed by atoms with van der Waals surface area (Å²) in [4.78, 5) is 0. The standard InChI is InChI=1S/C18H21FO2/c1-4-13-6-8-16(14(10-13)12-21-5-2)17-11-15(20-3)7-9-18(17)19/h6-11H,4-5,12H2,1-3H3. The molecule has 0 aliphatic heterocycles. The molecular weight excluding hydrogens is 267 g/mol. The highest BCUT2D eigenvalue weighted by atomic mass is 19.1. The van der Waals surface area contributed by atoms with Crippen molar-refractivity contribution < 1.29 is 13.9 Å². The third kappa shape index (κ3) is 3.61. The van der Waals surface area contributed by atoms with E-state index < -0.39 is 0 Å². The number of aryl methyl sites for hydroxylation is 1. The van der Waals surface area contributed by atoms with Crippen LogP contribution < -0.4 is 4.74 Å². The molecular formula is C18H21FO2. The summed E-state index contributed by atoms with van der Waals surface area (Å²) in [6, 6.07) is 10.9. The zero-order chi connectivity index (χ0) is 15.2. The van der Waals surface area contributed by atoms with E-state index in [0.717, 1.165) is 17.5 Å². The van der Waals surface area contributed by atoms with Crippen LogP contribution in [0.5, 0.6) is 5.75 Å². The second-order valence-corrected chi connectivity index (χ2v) is 4.83. The second kappa shape index (κ2) is 7.23. The van der Waals surface area contributed by atoms with Crippen molar-refractivity contribution in [3.8, 4) is 16.9 Å². The third-order valence-corrected chi connectivity index (χ3v) is 3.50. The van der Waals surface area contributed by atoms with Gasteiger partial charge in [0.1, 0.15) is 11.6 Å². The molecule has 21 heavy (non-hydrogen) atoms. The highest BCUT2D eigenvalue weighted by molar-refractivity contribution is 5.69. The number of benzene rings is 2. The smallest absolute Gasteiger partial charge is 0.131 e. The van der Waals surface area contributed by atoms with Crippen LogP contribution in [-0.2, 0) is 17.8 Å². The third-order valence-electron chi connectivity index (χ3n) is 3.50. The maximum atomic E-state index is 14.2. The Hall–Kier alpha value is -1.87. The zero-order valence-corrected chi connectivity index (χ0v) is 12.8. The molecule has 2 nitrogen and oxygen atoms in total. The van der Waals surface area contributed by atoms with Crippen LogP contribution in [-0.4, -0.2) is 13.7 Å². The molecule has 0 fully saturated rings. The quantitative estimate of drug-likeness (QED) is 0.773. The molecule has 2 rings (SSSR count). The van der Waals surface area contributed by atoms with Crippen molar-refractivity contribution in [2.24, 2.45) is 0 Å². The molecule has 3 heteroatoms. The minimum absolute atomic E-state index is 0.252. The number of rotatable bonds is 6. The van der Waals surface area contributed by atoms with Gasteiger partial charge in [0.05, 0.1) is 13.7 Å². The molecule has 0 saturated carbocycles. The monoisotopic (exact) mass is 288 g/mol. The largest absolute Gasteiger partial charge is 0.497 e. The van der Waals surface area contributed by atoms with Crippen molar-refractivity contribution in [3.05, 3.63) is 53.3 Å². The Kier molecular flexibility index (Phi) is 5.34. The van der Waals surface area contributed by atoms with E-state index in [4.69, 9.17) is 9.47 Å². The molecule has 0 bridgehead atoms. The van der Waals surface area contributed by atoms with Crippen LogP contribution in [0.2, 0.25) is 0 Å². The van der Waals surface area contributed by atoms with Gasteiger partial charge in [-0.05, 0) is 48.2 Å². The van der Waals surface area contributed by atoms with E-state index in [9.17, 15) is 4.39 Å². The van der Waals surface area contributed by atoms with Crippen LogP contribution in [0, 0.1) is 5.82 Å². The van der Waals surface area contributed by atoms with Crippen LogP contribution in [0.4, 0.5) is 4.39 Å². The predicted molar refractivity (Wildman–Crippen MR) is 83.1 cm³/mol. The molecule has 0 N–H and O–H groups in total. The van der Waals surface area contributed by atoms with Gasteiger partial charge in [0.15, 0.2) is 0 Å². The van der Waals surface area contributed by atoms with Gasteiger partial charge in [-0.15, -0.1) is 0 Å². The first kappa shape index (κ1) is 15.5. The Bertz CT molecular complexity index is 608. The van der Waals surface area contributed by atoms with Gasteiger partial charge in [-0.1, -0.05) is 25.1 Å². The van der Waals surface area contributed by atoms with Gasteiger partial charge in [0, 0.05) is 12.2 Å². The summed E-state index contributed by atoms with van der Waals surface area (Å²) in [5, 5.41) is 0. The van der Waals surface area contributed by atoms with E-state index in [1.165, 1.54) is 11.6 Å². The van der Waals surface area contributed by atoms with Gasteiger partial charge in [-0.2, -0.15) is 0 Å². The van der Waals surface area contributed by atoms with Crippen LogP contribution in [0.25, 0.3) is 11.1 Å². The Morgan fingerprint density at radius 1 is 1.00 bits per heavy atom. The Labute approximate surface area is 125 Å². The number of halogens is 1. The first-order chi connectivity index (χ1) is 10.2. The maximum Gasteiger partial charge on any atom is 0.131 e. The fourth-order valence-electron chi connectivity index (χ4n) is 2.30. The Morgan fingerprint density at radius 3 is 2.48 bits per heavy atom. The van der Waals surface area contributed by atoms with E-state index in [0.29, 0.717) is 24.5 Å². The van der Waals surface area contributed by atoms with Gasteiger partial charge >= 0.3 is 0 Å². The Morgan fingerprint density at radius 2 is 1.81 bits per heavy atom. The lowest BCUT2D eigenvalue weighted by atomic mass is 9.96. The van der Waals surface area contributed by atoms with Gasteiger partial charge in [0.25, 0.3) is 0 Å². The van der Waals surface area contributed by atoms with Gasteiger partial charge < -0.3 is 9.47 Å². The SMILES string of the molecule is CCOCc1cc(CC)ccc1-c1cc(OC)ccc1F. The van der Waals surface area contributed by atoms with Crippen molar-refractivity contribution in [3.63, 3.8) is 0 Å². The topological polar surface area (TPSA) is 18.5 Å². The molecule has 0 unspecified atom stereocenters. The molecule has 112 valence electrons. The van der Waals surface area contributed by atoms with Crippen LogP contribution in [0.1, 0.15) is 25.0 Å². The highest BCUT2D eigenvalue weighted by Crippen LogP contribution is 2.31. The molecule has 0 heterocycles. The van der Waals surface area contributed by atoms with Crippen molar-refractivity contribution in [1.82, 2.24) is 0 Å². The lowest BCUT2D eigenvalue weighted by Gasteiger charge is -2.13. The molecule has 0 amide bonds. The summed E-state index contributed by atoms with van der Waals surface area (Å²) in [7, 11) is 1.58. The van der Waals surface area contributed by atoms with E-state index in [2.05, 4.69) is 13.0 Å². The summed E-state index contributed by atoms with van der Waals surface area (Å²) in [6.07, 6.45) is 0.944. The van der Waals surface area contributed by atoms with E-state index in [1.54, 1.807) is 19.2 Å². The van der Waals surface area contributed by atoms with Gasteiger partial charge in [-0.25, -0.2) is 4.39 Å². The van der Waals surface area contributed by atoms with Crippen LogP contribution in [0.3, 0.4) is 0 Å². The minimum atomic E-state index is -0.252. The molecule has 0 atom stereocenters. The summed E-state index contributed by atoms with van der Waals surface area (Å²) in [6.45, 7) is 5.17. The molecule has 0 aliphatic carbocycles. The average molecular weight is 288 g/mol. The minimum Gasteiger partial charge on any atom is -0.497 e. The summed E-state index contributed by atoms with van der Waals surface area (Å²) >= 11 is 0. The highest BCUT2D eigenvalue weighted by Gasteiger charge is 2.12. The summed E-state index contributed by atoms with van der Waals surface area (Å²) in [5.41, 5.74) is 3.63. The zero-order valence-electron chi connectivity index (χ0n) is 12.8. The van der Waals surface area contributed by atoms with Gasteiger partial charge in [0.2, 0.25) is 0 Å². The number of hydrogen-bond acceptors (Lipinski definition) is 2. The fraction of sp³-hybridized carbons (Fsp3) is 0.333. The first-order valence-electron chi connectivity index (χ1n) is 7.23. The molecule has 2 aromatic carbocycles.